The standard InChI is InChI=1S/C17H27BrOS/c1-3-5-11-17(19,12-6-4-2)13-14-20-16-9-7-15(18)8-10-16/h7-10,19H,3-6,11-14H2,1-2H3. The minimum Gasteiger partial charge on any atom is -0.390 e. The van der Waals surface area contributed by atoms with E-state index in [1.165, 1.54) is 4.90 Å². The van der Waals surface area contributed by atoms with Gasteiger partial charge in [-0.1, -0.05) is 55.5 Å². The normalized spacial score (nSPS) is 11.8. The van der Waals surface area contributed by atoms with Gasteiger partial charge >= 0.3 is 0 Å². The van der Waals surface area contributed by atoms with Crippen molar-refractivity contribution in [3.8, 4) is 0 Å². The molecule has 0 amide bonds. The molecule has 114 valence electrons. The van der Waals surface area contributed by atoms with E-state index in [9.17, 15) is 5.11 Å². The van der Waals surface area contributed by atoms with E-state index in [0.29, 0.717) is 0 Å². The molecule has 1 aromatic rings. The lowest BCUT2D eigenvalue weighted by atomic mass is 9.88. The number of unbranched alkanes of at least 4 members (excludes halogenated alkanes) is 2. The number of aliphatic hydroxyl groups is 1. The maximum Gasteiger partial charge on any atom is 0.0655 e. The van der Waals surface area contributed by atoms with E-state index in [-0.39, 0.29) is 0 Å². The molecule has 0 saturated carbocycles. The quantitative estimate of drug-likeness (QED) is 0.514. The lowest BCUT2D eigenvalue weighted by Gasteiger charge is -2.28. The van der Waals surface area contributed by atoms with Crippen molar-refractivity contribution in [3.63, 3.8) is 0 Å². The minimum absolute atomic E-state index is 0.450. The Kier molecular flexibility index (Phi) is 8.90. The fourth-order valence-corrected chi connectivity index (χ4v) is 3.59. The fraction of sp³-hybridized carbons (Fsp3) is 0.647. The summed E-state index contributed by atoms with van der Waals surface area (Å²) in [5.74, 6) is 0.992. The van der Waals surface area contributed by atoms with Gasteiger partial charge in [0.2, 0.25) is 0 Å². The van der Waals surface area contributed by atoms with Crippen molar-refractivity contribution in [2.75, 3.05) is 5.75 Å². The first kappa shape index (κ1) is 18.1. The summed E-state index contributed by atoms with van der Waals surface area (Å²) in [5, 5.41) is 10.8. The molecular formula is C17H27BrOS. The third-order valence-corrected chi connectivity index (χ3v) is 5.18. The van der Waals surface area contributed by atoms with Gasteiger partial charge < -0.3 is 5.11 Å². The fourth-order valence-electron chi connectivity index (χ4n) is 2.28. The lowest BCUT2D eigenvalue weighted by molar-refractivity contribution is 0.0160. The SMILES string of the molecule is CCCCC(O)(CCCC)CCSc1ccc(Br)cc1. The van der Waals surface area contributed by atoms with Crippen LogP contribution in [0.4, 0.5) is 0 Å². The van der Waals surface area contributed by atoms with E-state index in [4.69, 9.17) is 0 Å². The summed E-state index contributed by atoms with van der Waals surface area (Å²) in [6, 6.07) is 8.41. The van der Waals surface area contributed by atoms with Crippen molar-refractivity contribution in [1.29, 1.82) is 0 Å². The van der Waals surface area contributed by atoms with E-state index >= 15 is 0 Å². The van der Waals surface area contributed by atoms with Gasteiger partial charge in [-0.05, 0) is 43.5 Å². The van der Waals surface area contributed by atoms with Crippen LogP contribution in [0.5, 0.6) is 0 Å². The lowest BCUT2D eigenvalue weighted by Crippen LogP contribution is -2.29. The van der Waals surface area contributed by atoms with Gasteiger partial charge in [-0.2, -0.15) is 0 Å². The molecule has 0 aromatic heterocycles. The number of halogens is 1. The highest BCUT2D eigenvalue weighted by Gasteiger charge is 2.24. The molecule has 0 radical (unpaired) electrons. The molecule has 3 heteroatoms. The summed E-state index contributed by atoms with van der Waals surface area (Å²) in [6.07, 6.45) is 7.37. The van der Waals surface area contributed by atoms with Crippen LogP contribution in [-0.4, -0.2) is 16.5 Å². The van der Waals surface area contributed by atoms with Gasteiger partial charge in [-0.15, -0.1) is 11.8 Å². The van der Waals surface area contributed by atoms with Gasteiger partial charge in [0.25, 0.3) is 0 Å². The molecule has 1 aromatic carbocycles. The van der Waals surface area contributed by atoms with Crippen LogP contribution in [0.2, 0.25) is 0 Å². The number of thioether (sulfide) groups is 1. The third kappa shape index (κ3) is 7.14. The molecule has 1 N–H and O–H groups in total. The summed E-state index contributed by atoms with van der Waals surface area (Å²) in [7, 11) is 0. The first-order valence-electron chi connectivity index (χ1n) is 7.70. The second kappa shape index (κ2) is 9.86. The smallest absolute Gasteiger partial charge is 0.0655 e. The zero-order chi connectivity index (χ0) is 14.8. The summed E-state index contributed by atoms with van der Waals surface area (Å²) in [5.41, 5.74) is -0.450. The maximum atomic E-state index is 10.8. The van der Waals surface area contributed by atoms with Gasteiger partial charge in [0.05, 0.1) is 5.60 Å². The molecule has 0 aliphatic carbocycles. The Morgan fingerprint density at radius 2 is 1.55 bits per heavy atom. The van der Waals surface area contributed by atoms with Crippen molar-refractivity contribution in [3.05, 3.63) is 28.7 Å². The van der Waals surface area contributed by atoms with Crippen molar-refractivity contribution in [2.24, 2.45) is 0 Å². The second-order valence-corrected chi connectivity index (χ2v) is 7.57. The average Bonchev–Trinajstić information content (AvgIpc) is 2.45. The van der Waals surface area contributed by atoms with E-state index in [1.54, 1.807) is 0 Å². The molecule has 0 unspecified atom stereocenters. The van der Waals surface area contributed by atoms with Crippen LogP contribution in [-0.2, 0) is 0 Å². The Balaban J connectivity index is 2.42. The first-order valence-corrected chi connectivity index (χ1v) is 9.48. The topological polar surface area (TPSA) is 20.2 Å². The average molecular weight is 359 g/mol. The largest absolute Gasteiger partial charge is 0.390 e. The molecule has 0 bridgehead atoms. The minimum atomic E-state index is -0.450. The van der Waals surface area contributed by atoms with Gasteiger partial charge in [0.15, 0.2) is 0 Å². The van der Waals surface area contributed by atoms with Crippen molar-refractivity contribution < 1.29 is 5.11 Å². The van der Waals surface area contributed by atoms with Crippen LogP contribution in [0.3, 0.4) is 0 Å². The number of rotatable bonds is 10. The Morgan fingerprint density at radius 3 is 2.05 bits per heavy atom. The molecule has 0 spiro atoms. The summed E-state index contributed by atoms with van der Waals surface area (Å²) >= 11 is 5.30. The number of benzene rings is 1. The molecule has 0 atom stereocenters. The van der Waals surface area contributed by atoms with Crippen LogP contribution in [0, 0.1) is 0 Å². The molecule has 0 saturated heterocycles. The Morgan fingerprint density at radius 1 is 1.00 bits per heavy atom. The molecule has 0 heterocycles. The van der Waals surface area contributed by atoms with Crippen LogP contribution >= 0.6 is 27.7 Å². The summed E-state index contributed by atoms with van der Waals surface area (Å²) in [6.45, 7) is 4.38. The van der Waals surface area contributed by atoms with E-state index in [1.807, 2.05) is 11.8 Å². The molecule has 1 nitrogen and oxygen atoms in total. The van der Waals surface area contributed by atoms with Crippen LogP contribution in [0.1, 0.15) is 58.8 Å². The first-order chi connectivity index (χ1) is 9.59. The molecule has 0 fully saturated rings. The van der Waals surface area contributed by atoms with Crippen LogP contribution < -0.4 is 0 Å². The van der Waals surface area contributed by atoms with Crippen LogP contribution in [0.25, 0.3) is 0 Å². The zero-order valence-corrected chi connectivity index (χ0v) is 15.1. The highest BCUT2D eigenvalue weighted by atomic mass is 79.9. The highest BCUT2D eigenvalue weighted by molar-refractivity contribution is 9.10. The highest BCUT2D eigenvalue weighted by Crippen LogP contribution is 2.29. The number of hydrogen-bond donors (Lipinski definition) is 1. The predicted molar refractivity (Wildman–Crippen MR) is 93.5 cm³/mol. The molecule has 20 heavy (non-hydrogen) atoms. The van der Waals surface area contributed by atoms with E-state index in [2.05, 4.69) is 54.0 Å². The molecule has 0 aliphatic rings. The number of hydrogen-bond acceptors (Lipinski definition) is 2. The van der Waals surface area contributed by atoms with E-state index in [0.717, 1.165) is 55.2 Å². The van der Waals surface area contributed by atoms with Crippen molar-refractivity contribution in [2.45, 2.75) is 69.3 Å². The van der Waals surface area contributed by atoms with Crippen LogP contribution in [0.15, 0.2) is 33.6 Å². The van der Waals surface area contributed by atoms with E-state index < -0.39 is 5.60 Å². The molecular weight excluding hydrogens is 332 g/mol. The van der Waals surface area contributed by atoms with Gasteiger partial charge in [0, 0.05) is 15.1 Å². The summed E-state index contributed by atoms with van der Waals surface area (Å²) in [4.78, 5) is 1.28. The van der Waals surface area contributed by atoms with Gasteiger partial charge in [-0.25, -0.2) is 0 Å². The molecule has 0 aliphatic heterocycles. The monoisotopic (exact) mass is 358 g/mol. The predicted octanol–water partition coefficient (Wildman–Crippen LogP) is 6.04. The summed E-state index contributed by atoms with van der Waals surface area (Å²) < 4.78 is 1.12. The Hall–Kier alpha value is 0.01000. The Bertz CT molecular complexity index is 356. The molecule has 1 rings (SSSR count). The van der Waals surface area contributed by atoms with Gasteiger partial charge in [-0.3, -0.25) is 0 Å². The Labute approximate surface area is 136 Å². The zero-order valence-electron chi connectivity index (χ0n) is 12.7. The van der Waals surface area contributed by atoms with Gasteiger partial charge in [0.1, 0.15) is 0 Å². The third-order valence-electron chi connectivity index (χ3n) is 3.64. The van der Waals surface area contributed by atoms with Crippen molar-refractivity contribution >= 4 is 27.7 Å². The second-order valence-electron chi connectivity index (χ2n) is 5.48. The van der Waals surface area contributed by atoms with Crippen molar-refractivity contribution in [1.82, 2.24) is 0 Å². The maximum absolute atomic E-state index is 10.8.